The molecule has 1 aromatic carbocycles. The van der Waals surface area contributed by atoms with E-state index >= 15 is 0 Å². The van der Waals surface area contributed by atoms with E-state index in [1.165, 1.54) is 0 Å². The standard InChI is InChI=1S/C16H23NO3.3CH4/c1-12(2)13-7-6-8-14(11-13)16(3,4)17-15(18)20-10-9-19-5;;;/h6-8,11H,1,9-10H2,2-5H3,(H,17,18);3*1H4. The Balaban J connectivity index is -0.00000133. The molecule has 0 atom stereocenters. The first-order valence-electron chi connectivity index (χ1n) is 6.57. The largest absolute Gasteiger partial charge is 0.447 e. The molecule has 0 radical (unpaired) electrons. The summed E-state index contributed by atoms with van der Waals surface area (Å²) in [5, 5.41) is 2.85. The van der Waals surface area contributed by atoms with E-state index in [1.807, 2.05) is 45.0 Å². The van der Waals surface area contributed by atoms with Crippen LogP contribution in [0.15, 0.2) is 30.8 Å². The predicted molar refractivity (Wildman–Crippen MR) is 101 cm³/mol. The number of hydrogen-bond acceptors (Lipinski definition) is 3. The van der Waals surface area contributed by atoms with E-state index in [4.69, 9.17) is 9.47 Å². The summed E-state index contributed by atoms with van der Waals surface area (Å²) in [5.74, 6) is 0. The second-order valence-electron chi connectivity index (χ2n) is 5.24. The molecule has 0 aliphatic carbocycles. The van der Waals surface area contributed by atoms with E-state index in [0.29, 0.717) is 6.61 Å². The first-order valence-corrected chi connectivity index (χ1v) is 6.57. The Hall–Kier alpha value is -1.81. The van der Waals surface area contributed by atoms with Crippen LogP contribution in [0.2, 0.25) is 0 Å². The average Bonchev–Trinajstić information content (AvgIpc) is 2.38. The minimum absolute atomic E-state index is 0. The third-order valence-electron chi connectivity index (χ3n) is 3.01. The number of alkyl carbamates (subject to hydrolysis) is 1. The number of ether oxygens (including phenoxy) is 2. The van der Waals surface area contributed by atoms with Gasteiger partial charge in [-0.15, -0.1) is 0 Å². The van der Waals surface area contributed by atoms with Crippen LogP contribution in [0.4, 0.5) is 4.79 Å². The monoisotopic (exact) mass is 325 g/mol. The number of carbonyl (C=O) groups is 1. The lowest BCUT2D eigenvalue weighted by Gasteiger charge is -2.27. The Kier molecular flexibility index (Phi) is 13.3. The Bertz CT molecular complexity index is 481. The number of benzene rings is 1. The van der Waals surface area contributed by atoms with Crippen LogP contribution in [0.5, 0.6) is 0 Å². The molecule has 0 bridgehead atoms. The van der Waals surface area contributed by atoms with Crippen molar-refractivity contribution in [2.45, 2.75) is 48.6 Å². The summed E-state index contributed by atoms with van der Waals surface area (Å²) in [6, 6.07) is 7.96. The Morgan fingerprint density at radius 2 is 1.83 bits per heavy atom. The van der Waals surface area contributed by atoms with E-state index in [2.05, 4.69) is 11.9 Å². The fraction of sp³-hybridized carbons (Fsp3) is 0.526. The third-order valence-corrected chi connectivity index (χ3v) is 3.01. The van der Waals surface area contributed by atoms with Crippen molar-refractivity contribution in [3.8, 4) is 0 Å². The summed E-state index contributed by atoms with van der Waals surface area (Å²) in [6.07, 6.45) is -0.451. The fourth-order valence-corrected chi connectivity index (χ4v) is 1.75. The summed E-state index contributed by atoms with van der Waals surface area (Å²) >= 11 is 0. The zero-order valence-corrected chi connectivity index (χ0v) is 12.7. The molecule has 0 spiro atoms. The molecule has 0 fully saturated rings. The number of amides is 1. The van der Waals surface area contributed by atoms with E-state index in [9.17, 15) is 4.79 Å². The van der Waals surface area contributed by atoms with Crippen molar-refractivity contribution in [3.63, 3.8) is 0 Å². The van der Waals surface area contributed by atoms with Crippen molar-refractivity contribution in [1.82, 2.24) is 5.32 Å². The average molecular weight is 325 g/mol. The van der Waals surface area contributed by atoms with E-state index in [1.54, 1.807) is 7.11 Å². The van der Waals surface area contributed by atoms with Gasteiger partial charge in [0.15, 0.2) is 0 Å². The summed E-state index contributed by atoms with van der Waals surface area (Å²) in [4.78, 5) is 11.7. The summed E-state index contributed by atoms with van der Waals surface area (Å²) < 4.78 is 9.86. The summed E-state index contributed by atoms with van der Waals surface area (Å²) in [6.45, 7) is 10.4. The maximum Gasteiger partial charge on any atom is 0.407 e. The summed E-state index contributed by atoms with van der Waals surface area (Å²) in [5.41, 5.74) is 2.53. The number of methoxy groups -OCH3 is 1. The molecule has 0 saturated carbocycles. The molecular weight excluding hydrogens is 290 g/mol. The number of allylic oxidation sites excluding steroid dienone is 1. The van der Waals surface area contributed by atoms with Crippen LogP contribution < -0.4 is 5.32 Å². The SMILES string of the molecule is C.C.C.C=C(C)c1cccc(C(C)(C)NC(=O)OCCOC)c1. The molecule has 0 aromatic heterocycles. The van der Waals surface area contributed by atoms with Gasteiger partial charge in [0.1, 0.15) is 6.61 Å². The highest BCUT2D eigenvalue weighted by Gasteiger charge is 2.23. The van der Waals surface area contributed by atoms with Crippen molar-refractivity contribution >= 4 is 11.7 Å². The second kappa shape index (κ2) is 11.7. The van der Waals surface area contributed by atoms with Crippen LogP contribution in [-0.4, -0.2) is 26.4 Å². The zero-order valence-electron chi connectivity index (χ0n) is 12.7. The number of nitrogens with one attached hydrogen (secondary N) is 1. The molecule has 1 N–H and O–H groups in total. The molecule has 0 aliphatic heterocycles. The Labute approximate surface area is 142 Å². The van der Waals surface area contributed by atoms with Crippen LogP contribution in [0.3, 0.4) is 0 Å². The van der Waals surface area contributed by atoms with Gasteiger partial charge in [0, 0.05) is 7.11 Å². The van der Waals surface area contributed by atoms with Crippen molar-refractivity contribution in [2.75, 3.05) is 20.3 Å². The van der Waals surface area contributed by atoms with Gasteiger partial charge in [0.2, 0.25) is 0 Å². The molecule has 0 unspecified atom stereocenters. The highest BCUT2D eigenvalue weighted by molar-refractivity contribution is 5.69. The highest BCUT2D eigenvalue weighted by Crippen LogP contribution is 2.23. The molecule has 23 heavy (non-hydrogen) atoms. The van der Waals surface area contributed by atoms with Crippen LogP contribution >= 0.6 is 0 Å². The second-order valence-corrected chi connectivity index (χ2v) is 5.24. The smallest absolute Gasteiger partial charge is 0.407 e. The van der Waals surface area contributed by atoms with Crippen molar-refractivity contribution in [2.24, 2.45) is 0 Å². The van der Waals surface area contributed by atoms with Gasteiger partial charge >= 0.3 is 6.09 Å². The van der Waals surface area contributed by atoms with Gasteiger partial charge in [-0.3, -0.25) is 0 Å². The lowest BCUT2D eigenvalue weighted by atomic mass is 9.92. The molecule has 1 aromatic rings. The van der Waals surface area contributed by atoms with Crippen LogP contribution in [0.25, 0.3) is 5.57 Å². The third kappa shape index (κ3) is 8.41. The predicted octanol–water partition coefficient (Wildman–Crippen LogP) is 5.24. The lowest BCUT2D eigenvalue weighted by molar-refractivity contribution is 0.0931. The fourth-order valence-electron chi connectivity index (χ4n) is 1.75. The van der Waals surface area contributed by atoms with Crippen LogP contribution in [-0.2, 0) is 15.0 Å². The zero-order chi connectivity index (χ0) is 15.2. The normalized spacial score (nSPS) is 9.57. The first-order chi connectivity index (χ1) is 9.36. The maximum atomic E-state index is 11.7. The lowest BCUT2D eigenvalue weighted by Crippen LogP contribution is -2.41. The first kappa shape index (κ1) is 26.1. The highest BCUT2D eigenvalue weighted by atomic mass is 16.6. The van der Waals surface area contributed by atoms with Crippen molar-refractivity contribution in [3.05, 3.63) is 42.0 Å². The number of hydrogen-bond donors (Lipinski definition) is 1. The van der Waals surface area contributed by atoms with Crippen molar-refractivity contribution in [1.29, 1.82) is 0 Å². The van der Waals surface area contributed by atoms with Gasteiger partial charge in [-0.25, -0.2) is 4.79 Å². The minimum Gasteiger partial charge on any atom is -0.447 e. The molecule has 1 amide bonds. The van der Waals surface area contributed by atoms with Crippen LogP contribution in [0, 0.1) is 0 Å². The molecular formula is C19H35NO3. The Morgan fingerprint density at radius 1 is 1.22 bits per heavy atom. The Morgan fingerprint density at radius 3 is 2.35 bits per heavy atom. The van der Waals surface area contributed by atoms with Gasteiger partial charge in [0.25, 0.3) is 0 Å². The quantitative estimate of drug-likeness (QED) is 0.728. The van der Waals surface area contributed by atoms with Gasteiger partial charge in [-0.05, 0) is 38.0 Å². The number of rotatable bonds is 6. The van der Waals surface area contributed by atoms with Crippen LogP contribution in [0.1, 0.15) is 54.2 Å². The van der Waals surface area contributed by atoms with E-state index in [-0.39, 0.29) is 28.9 Å². The molecule has 0 saturated heterocycles. The number of carbonyl (C=O) groups excluding carboxylic acids is 1. The summed E-state index contributed by atoms with van der Waals surface area (Å²) in [7, 11) is 1.56. The molecule has 0 aliphatic rings. The molecule has 4 nitrogen and oxygen atoms in total. The molecule has 4 heteroatoms. The van der Waals surface area contributed by atoms with Gasteiger partial charge in [-0.1, -0.05) is 52.6 Å². The minimum atomic E-state index is -0.518. The van der Waals surface area contributed by atoms with Gasteiger partial charge < -0.3 is 14.8 Å². The van der Waals surface area contributed by atoms with Gasteiger partial charge in [0.05, 0.1) is 12.1 Å². The molecule has 134 valence electrons. The topological polar surface area (TPSA) is 47.6 Å². The van der Waals surface area contributed by atoms with E-state index < -0.39 is 11.6 Å². The van der Waals surface area contributed by atoms with Crippen molar-refractivity contribution < 1.29 is 14.3 Å². The maximum absolute atomic E-state index is 11.7. The van der Waals surface area contributed by atoms with E-state index in [0.717, 1.165) is 16.7 Å². The van der Waals surface area contributed by atoms with Gasteiger partial charge in [-0.2, -0.15) is 0 Å². The molecule has 0 heterocycles. The molecule has 1 rings (SSSR count).